The monoisotopic (exact) mass is 310 g/mol. The Balaban J connectivity index is 2.30. The minimum atomic E-state index is -0.681. The van der Waals surface area contributed by atoms with Crippen LogP contribution in [-0.2, 0) is 23.9 Å². The molecule has 0 bridgehead atoms. The quantitative estimate of drug-likeness (QED) is 0.601. The third kappa shape index (κ3) is 3.14. The second-order valence-electron chi connectivity index (χ2n) is 6.57. The zero-order valence-corrected chi connectivity index (χ0v) is 13.3. The third-order valence-electron chi connectivity index (χ3n) is 3.63. The van der Waals surface area contributed by atoms with Crippen LogP contribution >= 0.6 is 0 Å². The third-order valence-corrected chi connectivity index (χ3v) is 3.63. The molecule has 0 unspecified atom stereocenters. The molecule has 0 aromatic carbocycles. The van der Waals surface area contributed by atoms with Crippen LogP contribution in [0.3, 0.4) is 0 Å². The highest BCUT2D eigenvalue weighted by Crippen LogP contribution is 2.36. The van der Waals surface area contributed by atoms with Gasteiger partial charge in [0.25, 0.3) is 0 Å². The van der Waals surface area contributed by atoms with E-state index in [1.165, 1.54) is 11.8 Å². The number of carbonyl (C=O) groups is 3. The van der Waals surface area contributed by atoms with Crippen molar-refractivity contribution in [1.29, 1.82) is 0 Å². The van der Waals surface area contributed by atoms with Gasteiger partial charge < -0.3 is 15.2 Å². The number of hydrogen-bond acceptors (Lipinski definition) is 6. The van der Waals surface area contributed by atoms with Gasteiger partial charge in [0.15, 0.2) is 0 Å². The van der Waals surface area contributed by atoms with Crippen LogP contribution in [0.4, 0.5) is 0 Å². The van der Waals surface area contributed by atoms with Crippen LogP contribution in [0.25, 0.3) is 0 Å². The lowest BCUT2D eigenvalue weighted by Gasteiger charge is -2.49. The summed E-state index contributed by atoms with van der Waals surface area (Å²) in [5, 5.41) is 0. The summed E-state index contributed by atoms with van der Waals surface area (Å²) in [4.78, 5) is 36.9. The van der Waals surface area contributed by atoms with Crippen LogP contribution in [0, 0.1) is 0 Å². The van der Waals surface area contributed by atoms with E-state index in [-0.39, 0.29) is 24.3 Å². The fourth-order valence-electron chi connectivity index (χ4n) is 2.66. The van der Waals surface area contributed by atoms with Crippen molar-refractivity contribution in [3.8, 4) is 0 Å². The average molecular weight is 310 g/mol. The van der Waals surface area contributed by atoms with Crippen molar-refractivity contribution in [1.82, 2.24) is 4.90 Å². The first-order chi connectivity index (χ1) is 10.1. The highest BCUT2D eigenvalue weighted by molar-refractivity contribution is 6.00. The normalized spacial score (nSPS) is 24.6. The van der Waals surface area contributed by atoms with Crippen LogP contribution in [-0.4, -0.2) is 47.0 Å². The molecule has 0 radical (unpaired) electrons. The van der Waals surface area contributed by atoms with Gasteiger partial charge >= 0.3 is 11.9 Å². The minimum absolute atomic E-state index is 0.0182. The number of amides is 1. The summed E-state index contributed by atoms with van der Waals surface area (Å²) in [7, 11) is 0. The number of hydrogen-bond donors (Lipinski definition) is 1. The molecule has 7 heteroatoms. The molecule has 2 N–H and O–H groups in total. The van der Waals surface area contributed by atoms with Gasteiger partial charge in [-0.1, -0.05) is 0 Å². The van der Waals surface area contributed by atoms with Crippen molar-refractivity contribution in [2.24, 2.45) is 5.73 Å². The van der Waals surface area contributed by atoms with E-state index in [9.17, 15) is 14.4 Å². The van der Waals surface area contributed by atoms with Gasteiger partial charge in [-0.2, -0.15) is 0 Å². The van der Waals surface area contributed by atoms with E-state index >= 15 is 0 Å². The van der Waals surface area contributed by atoms with Crippen molar-refractivity contribution >= 4 is 17.8 Å². The summed E-state index contributed by atoms with van der Waals surface area (Å²) in [5.41, 5.74) is 5.88. The van der Waals surface area contributed by atoms with Gasteiger partial charge in [0.1, 0.15) is 23.9 Å². The number of rotatable bonds is 3. The van der Waals surface area contributed by atoms with E-state index in [0.29, 0.717) is 18.4 Å². The molecular weight excluding hydrogens is 288 g/mol. The van der Waals surface area contributed by atoms with E-state index in [0.717, 1.165) is 0 Å². The molecule has 0 aromatic heterocycles. The van der Waals surface area contributed by atoms with E-state index < -0.39 is 23.6 Å². The molecule has 2 rings (SSSR count). The molecule has 2 heterocycles. The summed E-state index contributed by atoms with van der Waals surface area (Å²) in [6.45, 7) is 6.53. The summed E-state index contributed by atoms with van der Waals surface area (Å²) in [6, 6.07) is -0.760. The molecule has 2 atom stereocenters. The highest BCUT2D eigenvalue weighted by atomic mass is 16.6. The van der Waals surface area contributed by atoms with Crippen molar-refractivity contribution in [3.05, 3.63) is 11.3 Å². The predicted molar refractivity (Wildman–Crippen MR) is 77.3 cm³/mol. The number of ether oxygens (including phenoxy) is 2. The lowest BCUT2D eigenvalue weighted by Crippen LogP contribution is -2.69. The molecule has 7 nitrogen and oxygen atoms in total. The molecule has 0 saturated carbocycles. The summed E-state index contributed by atoms with van der Waals surface area (Å²) >= 11 is 0. The molecule has 122 valence electrons. The molecule has 0 aromatic rings. The fourth-order valence-corrected chi connectivity index (χ4v) is 2.66. The Bertz CT molecular complexity index is 547. The van der Waals surface area contributed by atoms with Gasteiger partial charge in [-0.05, 0) is 39.2 Å². The average Bonchev–Trinajstić information content (AvgIpc) is 2.41. The Labute approximate surface area is 129 Å². The van der Waals surface area contributed by atoms with Crippen molar-refractivity contribution in [3.63, 3.8) is 0 Å². The number of fused-ring (bicyclic) bond motifs is 1. The Morgan fingerprint density at radius 1 is 1.36 bits per heavy atom. The molecule has 22 heavy (non-hydrogen) atoms. The second-order valence-corrected chi connectivity index (χ2v) is 6.57. The Kier molecular flexibility index (Phi) is 4.28. The number of nitrogens with zero attached hydrogens (tertiary/aromatic N) is 1. The van der Waals surface area contributed by atoms with Gasteiger partial charge in [-0.3, -0.25) is 14.5 Å². The van der Waals surface area contributed by atoms with Crippen molar-refractivity contribution in [2.75, 3.05) is 6.61 Å². The van der Waals surface area contributed by atoms with Gasteiger partial charge in [0, 0.05) is 6.92 Å². The molecule has 2 aliphatic rings. The second kappa shape index (κ2) is 5.72. The number of carbonyl (C=O) groups excluding carboxylic acids is 3. The lowest BCUT2D eigenvalue weighted by atomic mass is 9.84. The molecule has 1 fully saturated rings. The molecule has 0 aliphatic carbocycles. The van der Waals surface area contributed by atoms with Crippen molar-refractivity contribution < 1.29 is 23.9 Å². The maximum absolute atomic E-state index is 12.5. The van der Waals surface area contributed by atoms with Crippen LogP contribution < -0.4 is 5.73 Å². The zero-order chi connectivity index (χ0) is 16.7. The first kappa shape index (κ1) is 16.5. The number of esters is 2. The molecule has 0 spiro atoms. The van der Waals surface area contributed by atoms with Gasteiger partial charge in [-0.15, -0.1) is 0 Å². The summed E-state index contributed by atoms with van der Waals surface area (Å²) < 4.78 is 10.4. The van der Waals surface area contributed by atoms with E-state index in [2.05, 4.69) is 0 Å². The first-order valence-electron chi connectivity index (χ1n) is 7.29. The van der Waals surface area contributed by atoms with Gasteiger partial charge in [0.2, 0.25) is 5.91 Å². The van der Waals surface area contributed by atoms with Crippen LogP contribution in [0.15, 0.2) is 11.3 Å². The molecular formula is C15H22N2O5. The van der Waals surface area contributed by atoms with Crippen LogP contribution in [0.2, 0.25) is 0 Å². The lowest BCUT2D eigenvalue weighted by molar-refractivity contribution is -0.161. The standard InChI is InChI=1S/C15H22N2O5/c1-8(18)21-7-9-5-6-10-11(16)13(19)17(10)12(9)14(20)22-15(2,3)4/h10-11H,5-7,16H2,1-4H3/t10-,11+/m1/s1. The summed E-state index contributed by atoms with van der Waals surface area (Å²) in [5.74, 6) is -1.32. The van der Waals surface area contributed by atoms with Crippen LogP contribution in [0.5, 0.6) is 0 Å². The van der Waals surface area contributed by atoms with Crippen molar-refractivity contribution in [2.45, 2.75) is 58.2 Å². The Hall–Kier alpha value is -1.89. The Morgan fingerprint density at radius 2 is 2.00 bits per heavy atom. The van der Waals surface area contributed by atoms with Gasteiger partial charge in [0.05, 0.1) is 6.04 Å². The summed E-state index contributed by atoms with van der Waals surface area (Å²) in [6.07, 6.45) is 1.19. The maximum Gasteiger partial charge on any atom is 0.355 e. The smallest absolute Gasteiger partial charge is 0.355 e. The van der Waals surface area contributed by atoms with E-state index in [1.807, 2.05) is 0 Å². The number of β-lactam (4-membered cyclic amide) rings is 1. The predicted octanol–water partition coefficient (Wildman–Crippen LogP) is 0.477. The topological polar surface area (TPSA) is 98.9 Å². The first-order valence-corrected chi connectivity index (χ1v) is 7.29. The van der Waals surface area contributed by atoms with Gasteiger partial charge in [-0.25, -0.2) is 4.79 Å². The van der Waals surface area contributed by atoms with Crippen LogP contribution in [0.1, 0.15) is 40.5 Å². The zero-order valence-electron chi connectivity index (χ0n) is 13.3. The highest BCUT2D eigenvalue weighted by Gasteiger charge is 2.51. The van der Waals surface area contributed by atoms with E-state index in [4.69, 9.17) is 15.2 Å². The minimum Gasteiger partial charge on any atom is -0.461 e. The largest absolute Gasteiger partial charge is 0.461 e. The number of nitrogens with two attached hydrogens (primary N) is 1. The van der Waals surface area contributed by atoms with E-state index in [1.54, 1.807) is 20.8 Å². The Morgan fingerprint density at radius 3 is 2.55 bits per heavy atom. The maximum atomic E-state index is 12.5. The SMILES string of the molecule is CC(=O)OCC1=C(C(=O)OC(C)(C)C)N2C(=O)[C@@H](N)[C@H]2CC1. The fraction of sp³-hybridized carbons (Fsp3) is 0.667. The molecule has 1 saturated heterocycles. The molecule has 2 aliphatic heterocycles. The molecule has 1 amide bonds.